The molecule has 0 aromatic heterocycles. The van der Waals surface area contributed by atoms with E-state index in [0.29, 0.717) is 0 Å². The van der Waals surface area contributed by atoms with Crippen LogP contribution in [-0.2, 0) is 19.9 Å². The zero-order valence-electron chi connectivity index (χ0n) is 7.31. The highest BCUT2D eigenvalue weighted by Crippen LogP contribution is 1.93. The Bertz CT molecular complexity index is 400. The average molecular weight is 225 g/mol. The van der Waals surface area contributed by atoms with Crippen molar-refractivity contribution in [3.63, 3.8) is 0 Å². The summed E-state index contributed by atoms with van der Waals surface area (Å²) in [6.45, 7) is 1.44. The van der Waals surface area contributed by atoms with E-state index >= 15 is 0 Å². The number of hydrogen-bond donors (Lipinski definition) is 1. The molecule has 0 aliphatic rings. The maximum Gasteiger partial charge on any atom is 0.227 e. The van der Waals surface area contributed by atoms with Crippen LogP contribution in [0.5, 0.6) is 0 Å². The van der Waals surface area contributed by atoms with Gasteiger partial charge in [-0.05, 0) is 6.92 Å². The lowest BCUT2D eigenvalue weighted by atomic mass is 10.4. The maximum atomic E-state index is 11.0. The van der Waals surface area contributed by atoms with Gasteiger partial charge < -0.3 is 0 Å². The van der Waals surface area contributed by atoms with Crippen molar-refractivity contribution in [2.24, 2.45) is 0 Å². The molecule has 0 aromatic carbocycles. The number of sulfonamides is 1. The second kappa shape index (κ2) is 4.09. The average Bonchev–Trinajstić information content (AvgIpc) is 1.80. The third kappa shape index (κ3) is 6.57. The van der Waals surface area contributed by atoms with Gasteiger partial charge in [0.2, 0.25) is 10.0 Å². The molecule has 76 valence electrons. The molecule has 0 radical (unpaired) electrons. The Hall–Kier alpha value is -0.580. The molecule has 7 heteroatoms. The summed E-state index contributed by atoms with van der Waals surface area (Å²) in [6.07, 6.45) is 5.76. The fourth-order valence-corrected chi connectivity index (χ4v) is 3.75. The zero-order chi connectivity index (χ0) is 10.7. The third-order valence-electron chi connectivity index (χ3n) is 0.976. The van der Waals surface area contributed by atoms with Gasteiger partial charge in [-0.15, -0.1) is 6.42 Å². The first-order valence-corrected chi connectivity index (χ1v) is 7.01. The summed E-state index contributed by atoms with van der Waals surface area (Å²) in [4.78, 5) is 0. The maximum absolute atomic E-state index is 11.0. The number of rotatable bonds is 4. The van der Waals surface area contributed by atoms with Crippen molar-refractivity contribution >= 4 is 19.9 Å². The van der Waals surface area contributed by atoms with Crippen molar-refractivity contribution in [3.8, 4) is 12.3 Å². The molecular weight excluding hydrogens is 214 g/mol. The molecule has 5 nitrogen and oxygen atoms in total. The molecule has 0 rings (SSSR count). The molecule has 1 atom stereocenters. The van der Waals surface area contributed by atoms with Crippen LogP contribution in [0.15, 0.2) is 0 Å². The Kier molecular flexibility index (Phi) is 3.90. The van der Waals surface area contributed by atoms with E-state index in [1.54, 1.807) is 0 Å². The van der Waals surface area contributed by atoms with E-state index in [2.05, 4.69) is 5.92 Å². The normalized spacial score (nSPS) is 14.8. The van der Waals surface area contributed by atoms with Gasteiger partial charge in [0.05, 0.1) is 6.04 Å². The predicted molar refractivity (Wildman–Crippen MR) is 50.1 cm³/mol. The number of nitrogens with one attached hydrogen (secondary N) is 1. The van der Waals surface area contributed by atoms with Crippen LogP contribution in [0, 0.1) is 12.3 Å². The Morgan fingerprint density at radius 1 is 1.38 bits per heavy atom. The molecule has 0 heterocycles. The SMILES string of the molecule is C#CC(C)NS(=O)(=O)CS(C)(=O)=O. The zero-order valence-corrected chi connectivity index (χ0v) is 8.94. The van der Waals surface area contributed by atoms with Crippen molar-refractivity contribution in [1.29, 1.82) is 0 Å². The van der Waals surface area contributed by atoms with Crippen LogP contribution in [0.25, 0.3) is 0 Å². The van der Waals surface area contributed by atoms with Gasteiger partial charge >= 0.3 is 0 Å². The molecule has 13 heavy (non-hydrogen) atoms. The molecule has 0 amide bonds. The van der Waals surface area contributed by atoms with Crippen LogP contribution in [0.1, 0.15) is 6.92 Å². The van der Waals surface area contributed by atoms with Gasteiger partial charge in [0.15, 0.2) is 14.9 Å². The van der Waals surface area contributed by atoms with Crippen LogP contribution in [-0.4, -0.2) is 34.2 Å². The van der Waals surface area contributed by atoms with E-state index in [-0.39, 0.29) is 0 Å². The van der Waals surface area contributed by atoms with E-state index in [0.717, 1.165) is 6.26 Å². The Morgan fingerprint density at radius 2 is 1.85 bits per heavy atom. The molecule has 0 aliphatic carbocycles. The quantitative estimate of drug-likeness (QED) is 0.618. The highest BCUT2D eigenvalue weighted by atomic mass is 32.3. The molecule has 0 saturated heterocycles. The summed E-state index contributed by atoms with van der Waals surface area (Å²) in [5.41, 5.74) is 0. The molecule has 1 unspecified atom stereocenters. The predicted octanol–water partition coefficient (Wildman–Crippen LogP) is -1.07. The van der Waals surface area contributed by atoms with Crippen molar-refractivity contribution in [2.75, 3.05) is 11.3 Å². The molecule has 0 saturated carbocycles. The summed E-state index contributed by atoms with van der Waals surface area (Å²) in [5.74, 6) is 2.12. The van der Waals surface area contributed by atoms with Gasteiger partial charge in [-0.3, -0.25) is 0 Å². The van der Waals surface area contributed by atoms with Crippen molar-refractivity contribution in [1.82, 2.24) is 4.72 Å². The van der Waals surface area contributed by atoms with Gasteiger partial charge in [-0.25, -0.2) is 16.8 Å². The second-order valence-electron chi connectivity index (χ2n) is 2.66. The summed E-state index contributed by atoms with van der Waals surface area (Å²) in [6, 6.07) is -0.702. The minimum atomic E-state index is -3.83. The first kappa shape index (κ1) is 12.4. The van der Waals surface area contributed by atoms with Crippen molar-refractivity contribution in [2.45, 2.75) is 13.0 Å². The fraction of sp³-hybridized carbons (Fsp3) is 0.667. The van der Waals surface area contributed by atoms with E-state index in [9.17, 15) is 16.8 Å². The molecule has 0 fully saturated rings. The van der Waals surface area contributed by atoms with Crippen LogP contribution in [0.4, 0.5) is 0 Å². The van der Waals surface area contributed by atoms with Crippen molar-refractivity contribution in [3.05, 3.63) is 0 Å². The van der Waals surface area contributed by atoms with E-state index in [1.807, 2.05) is 4.72 Å². The van der Waals surface area contributed by atoms with Gasteiger partial charge in [0.1, 0.15) is 0 Å². The Labute approximate surface area is 78.5 Å². The number of sulfone groups is 1. The van der Waals surface area contributed by atoms with Crippen LogP contribution in [0.3, 0.4) is 0 Å². The molecule has 0 aromatic rings. The van der Waals surface area contributed by atoms with Crippen LogP contribution >= 0.6 is 0 Å². The molecular formula is C6H11NO4S2. The van der Waals surface area contributed by atoms with E-state index < -0.39 is 31.0 Å². The summed E-state index contributed by atoms with van der Waals surface area (Å²) < 4.78 is 45.4. The van der Waals surface area contributed by atoms with Crippen molar-refractivity contribution < 1.29 is 16.8 Å². The standard InChI is InChI=1S/C6H11NO4S2/c1-4-6(2)7-13(10,11)5-12(3,8)9/h1,6-7H,5H2,2-3H3. The number of terminal acetylenes is 1. The molecule has 0 spiro atoms. The Balaban J connectivity index is 4.56. The number of hydrogen-bond acceptors (Lipinski definition) is 4. The van der Waals surface area contributed by atoms with Gasteiger partial charge in [0, 0.05) is 6.26 Å². The summed E-state index contributed by atoms with van der Waals surface area (Å²) in [7, 11) is -7.39. The van der Waals surface area contributed by atoms with Gasteiger partial charge in [-0.2, -0.15) is 4.72 Å². The van der Waals surface area contributed by atoms with E-state index in [4.69, 9.17) is 6.42 Å². The summed E-state index contributed by atoms with van der Waals surface area (Å²) >= 11 is 0. The lowest BCUT2D eigenvalue weighted by molar-refractivity contribution is 0.577. The van der Waals surface area contributed by atoms with Crippen LogP contribution in [0.2, 0.25) is 0 Å². The highest BCUT2D eigenvalue weighted by Gasteiger charge is 2.19. The third-order valence-corrected chi connectivity index (χ3v) is 4.64. The minimum Gasteiger partial charge on any atom is -0.228 e. The minimum absolute atomic E-state index is 0.702. The lowest BCUT2D eigenvalue weighted by Gasteiger charge is -2.07. The molecule has 1 N–H and O–H groups in total. The highest BCUT2D eigenvalue weighted by molar-refractivity contribution is 8.06. The smallest absolute Gasteiger partial charge is 0.227 e. The lowest BCUT2D eigenvalue weighted by Crippen LogP contribution is -2.35. The molecule has 0 bridgehead atoms. The van der Waals surface area contributed by atoms with E-state index in [1.165, 1.54) is 6.92 Å². The largest absolute Gasteiger partial charge is 0.228 e. The van der Waals surface area contributed by atoms with Gasteiger partial charge in [-0.1, -0.05) is 5.92 Å². The Morgan fingerprint density at radius 3 is 2.15 bits per heavy atom. The molecule has 0 aliphatic heterocycles. The first-order valence-electron chi connectivity index (χ1n) is 3.30. The topological polar surface area (TPSA) is 80.3 Å². The fourth-order valence-electron chi connectivity index (χ4n) is 0.619. The first-order chi connectivity index (χ1) is 5.66. The monoisotopic (exact) mass is 225 g/mol. The van der Waals surface area contributed by atoms with Gasteiger partial charge in [0.25, 0.3) is 0 Å². The summed E-state index contributed by atoms with van der Waals surface area (Å²) in [5, 5.41) is -0.938. The second-order valence-corrected chi connectivity index (χ2v) is 6.92. The van der Waals surface area contributed by atoms with Crippen LogP contribution < -0.4 is 4.72 Å².